The minimum atomic E-state index is 0.128. The number of para-hydroxylation sites is 1. The molecule has 0 saturated heterocycles. The fourth-order valence-corrected chi connectivity index (χ4v) is 5.24. The van der Waals surface area contributed by atoms with Gasteiger partial charge in [-0.15, -0.1) is 28.5 Å². The number of aromatic nitrogens is 3. The molecule has 7 heteroatoms. The Hall–Kier alpha value is -1.73. The van der Waals surface area contributed by atoms with Crippen molar-refractivity contribution in [3.8, 4) is 0 Å². The molecule has 1 amide bonds. The van der Waals surface area contributed by atoms with E-state index in [1.54, 1.807) is 0 Å². The molecule has 0 N–H and O–H groups in total. The van der Waals surface area contributed by atoms with Crippen molar-refractivity contribution in [2.45, 2.75) is 54.0 Å². The van der Waals surface area contributed by atoms with Gasteiger partial charge in [0.25, 0.3) is 0 Å². The maximum absolute atomic E-state index is 13.0. The van der Waals surface area contributed by atoms with Gasteiger partial charge in [0, 0.05) is 29.2 Å². The van der Waals surface area contributed by atoms with Crippen LogP contribution in [0.5, 0.6) is 0 Å². The minimum Gasteiger partial charge on any atom is -0.311 e. The van der Waals surface area contributed by atoms with Gasteiger partial charge < -0.3 is 9.47 Å². The molecule has 2 aromatic rings. The third kappa shape index (κ3) is 4.09. The van der Waals surface area contributed by atoms with Crippen molar-refractivity contribution in [1.82, 2.24) is 14.8 Å². The van der Waals surface area contributed by atoms with Crippen molar-refractivity contribution in [3.63, 3.8) is 0 Å². The second kappa shape index (κ2) is 8.10. The SMILES string of the molecule is C=CCn1c(SCC(=O)N2CCC(C)Sc3ccccc32)nnc1C1CC1. The molecule has 0 bridgehead atoms. The lowest BCUT2D eigenvalue weighted by Gasteiger charge is -2.22. The maximum atomic E-state index is 13.0. The number of thioether (sulfide) groups is 2. The van der Waals surface area contributed by atoms with Gasteiger partial charge in [0.2, 0.25) is 5.91 Å². The summed E-state index contributed by atoms with van der Waals surface area (Å²) in [7, 11) is 0. The van der Waals surface area contributed by atoms with E-state index in [0.29, 0.717) is 23.5 Å². The first-order valence-electron chi connectivity index (χ1n) is 9.40. The van der Waals surface area contributed by atoms with E-state index in [4.69, 9.17) is 0 Å². The molecule has 4 rings (SSSR count). The molecule has 1 aromatic carbocycles. The normalized spacial score (nSPS) is 19.4. The number of hydrogen-bond donors (Lipinski definition) is 0. The summed E-state index contributed by atoms with van der Waals surface area (Å²) < 4.78 is 2.11. The molecule has 1 aliphatic heterocycles. The molecule has 2 aliphatic rings. The molecular formula is C20H24N4OS2. The van der Waals surface area contributed by atoms with Crippen molar-refractivity contribution in [2.75, 3.05) is 17.2 Å². The summed E-state index contributed by atoms with van der Waals surface area (Å²) in [6.45, 7) is 7.52. The van der Waals surface area contributed by atoms with Gasteiger partial charge in [0.05, 0.1) is 11.4 Å². The van der Waals surface area contributed by atoms with E-state index in [-0.39, 0.29) is 5.91 Å². The van der Waals surface area contributed by atoms with Crippen molar-refractivity contribution >= 4 is 35.1 Å². The van der Waals surface area contributed by atoms with Crippen LogP contribution in [0.2, 0.25) is 0 Å². The number of fused-ring (bicyclic) bond motifs is 1. The summed E-state index contributed by atoms with van der Waals surface area (Å²) in [5.74, 6) is 2.06. The zero-order valence-electron chi connectivity index (χ0n) is 15.5. The van der Waals surface area contributed by atoms with Crippen LogP contribution in [0.3, 0.4) is 0 Å². The predicted octanol–water partition coefficient (Wildman–Crippen LogP) is 4.35. The summed E-state index contributed by atoms with van der Waals surface area (Å²) >= 11 is 3.33. The number of rotatable bonds is 6. The first kappa shape index (κ1) is 18.6. The van der Waals surface area contributed by atoms with Crippen LogP contribution in [0, 0.1) is 0 Å². The van der Waals surface area contributed by atoms with Gasteiger partial charge in [-0.1, -0.05) is 36.9 Å². The lowest BCUT2D eigenvalue weighted by atomic mass is 10.2. The number of carbonyl (C=O) groups excluding carboxylic acids is 1. The zero-order chi connectivity index (χ0) is 18.8. The summed E-state index contributed by atoms with van der Waals surface area (Å²) in [5.41, 5.74) is 1.03. The standard InChI is InChI=1S/C20H24N4OS2/c1-3-11-24-19(15-8-9-15)21-22-20(24)26-13-18(25)23-12-10-14(2)27-17-7-5-4-6-16(17)23/h3-7,14-15H,1,8-13H2,2H3. The monoisotopic (exact) mass is 400 g/mol. The maximum Gasteiger partial charge on any atom is 0.237 e. The van der Waals surface area contributed by atoms with Gasteiger partial charge in [-0.3, -0.25) is 4.79 Å². The van der Waals surface area contributed by atoms with Crippen molar-refractivity contribution in [2.24, 2.45) is 0 Å². The van der Waals surface area contributed by atoms with Crippen molar-refractivity contribution < 1.29 is 4.79 Å². The van der Waals surface area contributed by atoms with Crippen LogP contribution in [-0.2, 0) is 11.3 Å². The molecule has 5 nitrogen and oxygen atoms in total. The molecule has 1 unspecified atom stereocenters. The number of anilines is 1. The van der Waals surface area contributed by atoms with E-state index in [1.165, 1.54) is 29.5 Å². The highest BCUT2D eigenvalue weighted by molar-refractivity contribution is 8.00. The lowest BCUT2D eigenvalue weighted by molar-refractivity contribution is -0.116. The Morgan fingerprint density at radius 1 is 1.33 bits per heavy atom. The van der Waals surface area contributed by atoms with Gasteiger partial charge in [-0.05, 0) is 31.4 Å². The molecule has 1 aliphatic carbocycles. The van der Waals surface area contributed by atoms with Gasteiger partial charge in [-0.2, -0.15) is 0 Å². The molecule has 142 valence electrons. The van der Waals surface area contributed by atoms with Crippen LogP contribution in [0.15, 0.2) is 47.0 Å². The highest BCUT2D eigenvalue weighted by Crippen LogP contribution is 2.40. The van der Waals surface area contributed by atoms with Crippen LogP contribution >= 0.6 is 23.5 Å². The fourth-order valence-electron chi connectivity index (χ4n) is 3.30. The Kier molecular flexibility index (Phi) is 5.59. The molecule has 27 heavy (non-hydrogen) atoms. The number of benzene rings is 1. The molecule has 1 aromatic heterocycles. The largest absolute Gasteiger partial charge is 0.311 e. The Labute approximate surface area is 168 Å². The number of amides is 1. The van der Waals surface area contributed by atoms with E-state index in [2.05, 4.69) is 34.3 Å². The van der Waals surface area contributed by atoms with E-state index < -0.39 is 0 Å². The van der Waals surface area contributed by atoms with Gasteiger partial charge in [0.15, 0.2) is 5.16 Å². The third-order valence-electron chi connectivity index (χ3n) is 4.87. The van der Waals surface area contributed by atoms with E-state index in [0.717, 1.165) is 29.6 Å². The second-order valence-electron chi connectivity index (χ2n) is 7.03. The predicted molar refractivity (Wildman–Crippen MR) is 112 cm³/mol. The highest BCUT2D eigenvalue weighted by Gasteiger charge is 2.30. The van der Waals surface area contributed by atoms with Crippen LogP contribution in [0.1, 0.15) is 37.9 Å². The first-order chi connectivity index (χ1) is 13.2. The second-order valence-corrected chi connectivity index (χ2v) is 9.46. The van der Waals surface area contributed by atoms with Crippen molar-refractivity contribution in [1.29, 1.82) is 0 Å². The smallest absolute Gasteiger partial charge is 0.237 e. The molecule has 1 saturated carbocycles. The Morgan fingerprint density at radius 3 is 2.93 bits per heavy atom. The van der Waals surface area contributed by atoms with Crippen LogP contribution in [0.25, 0.3) is 0 Å². The molecule has 1 fully saturated rings. The molecule has 0 radical (unpaired) electrons. The van der Waals surface area contributed by atoms with E-state index in [1.807, 2.05) is 40.9 Å². The molecule has 0 spiro atoms. The Morgan fingerprint density at radius 2 is 2.15 bits per heavy atom. The average Bonchev–Trinajstić information content (AvgIpc) is 3.45. The number of nitrogens with zero attached hydrogens (tertiary/aromatic N) is 4. The average molecular weight is 401 g/mol. The number of carbonyl (C=O) groups is 1. The van der Waals surface area contributed by atoms with Crippen LogP contribution in [0.4, 0.5) is 5.69 Å². The minimum absolute atomic E-state index is 0.128. The van der Waals surface area contributed by atoms with Crippen LogP contribution in [-0.4, -0.2) is 38.2 Å². The quantitative estimate of drug-likeness (QED) is 0.533. The summed E-state index contributed by atoms with van der Waals surface area (Å²) in [4.78, 5) is 16.2. The third-order valence-corrected chi connectivity index (χ3v) is 7.06. The van der Waals surface area contributed by atoms with E-state index >= 15 is 0 Å². The number of allylic oxidation sites excluding steroid dienone is 1. The number of hydrogen-bond acceptors (Lipinski definition) is 5. The topological polar surface area (TPSA) is 51.0 Å². The fraction of sp³-hybridized carbons (Fsp3) is 0.450. The van der Waals surface area contributed by atoms with Gasteiger partial charge in [0.1, 0.15) is 5.82 Å². The molecule has 2 heterocycles. The van der Waals surface area contributed by atoms with Crippen LogP contribution < -0.4 is 4.90 Å². The van der Waals surface area contributed by atoms with Gasteiger partial charge >= 0.3 is 0 Å². The summed E-state index contributed by atoms with van der Waals surface area (Å²) in [6, 6.07) is 8.20. The lowest BCUT2D eigenvalue weighted by Crippen LogP contribution is -2.33. The summed E-state index contributed by atoms with van der Waals surface area (Å²) in [6.07, 6.45) is 5.22. The van der Waals surface area contributed by atoms with Gasteiger partial charge in [-0.25, -0.2) is 0 Å². The zero-order valence-corrected chi connectivity index (χ0v) is 17.1. The van der Waals surface area contributed by atoms with Crippen molar-refractivity contribution in [3.05, 3.63) is 42.7 Å². The van der Waals surface area contributed by atoms with E-state index in [9.17, 15) is 4.79 Å². The summed E-state index contributed by atoms with van der Waals surface area (Å²) in [5, 5.41) is 10.0. The Bertz CT molecular complexity index is 846. The molecular weight excluding hydrogens is 376 g/mol. The Balaban J connectivity index is 1.49. The molecule has 1 atom stereocenters. The first-order valence-corrected chi connectivity index (χ1v) is 11.3. The highest BCUT2D eigenvalue weighted by atomic mass is 32.2.